The lowest BCUT2D eigenvalue weighted by Gasteiger charge is -2.47. The highest BCUT2D eigenvalue weighted by molar-refractivity contribution is 5.87. The first-order valence-electron chi connectivity index (χ1n) is 25.1. The summed E-state index contributed by atoms with van der Waals surface area (Å²) in [5.74, 6) is 0. The third-order valence-electron chi connectivity index (χ3n) is 15.7. The molecule has 0 fully saturated rings. The van der Waals surface area contributed by atoms with Gasteiger partial charge in [0.1, 0.15) is 0 Å². The van der Waals surface area contributed by atoms with Crippen LogP contribution in [0.4, 0.5) is 0 Å². The number of benzene rings is 8. The highest BCUT2D eigenvalue weighted by atomic mass is 15.1. The first-order chi connectivity index (χ1) is 34.4. The van der Waals surface area contributed by atoms with E-state index >= 15 is 0 Å². The van der Waals surface area contributed by atoms with Crippen molar-refractivity contribution in [3.05, 3.63) is 254 Å². The molecule has 0 amide bonds. The number of fused-ring (bicyclic) bond motifs is 3. The number of hydrogen-bond donors (Lipinski definition) is 0. The van der Waals surface area contributed by atoms with Crippen LogP contribution in [-0.4, -0.2) is 0 Å². The third kappa shape index (κ3) is 8.08. The molecular weight excluding hydrogens is 845 g/mol. The van der Waals surface area contributed by atoms with Gasteiger partial charge in [-0.25, -0.2) is 0 Å². The van der Waals surface area contributed by atoms with Crippen LogP contribution < -0.4 is 9.13 Å². The van der Waals surface area contributed by atoms with Gasteiger partial charge in [0.05, 0.1) is 17.4 Å². The first-order valence-corrected chi connectivity index (χ1v) is 25.1. The van der Waals surface area contributed by atoms with Crippen molar-refractivity contribution in [2.75, 3.05) is 0 Å². The van der Waals surface area contributed by atoms with Gasteiger partial charge in [-0.3, -0.25) is 0 Å². The molecule has 2 nitrogen and oxygen atoms in total. The van der Waals surface area contributed by atoms with E-state index < -0.39 is 0 Å². The van der Waals surface area contributed by atoms with Crippen molar-refractivity contribution >= 4 is 0 Å². The van der Waals surface area contributed by atoms with Crippen LogP contribution in [0.2, 0.25) is 0 Å². The molecule has 2 heteroatoms. The molecule has 0 N–H and O–H groups in total. The molecule has 3 heterocycles. The van der Waals surface area contributed by atoms with E-state index in [0.29, 0.717) is 0 Å². The van der Waals surface area contributed by atoms with Gasteiger partial charge in [-0.05, 0) is 165 Å². The van der Waals surface area contributed by atoms with E-state index in [1.165, 1.54) is 100 Å². The topological polar surface area (TPSA) is 7.76 Å². The van der Waals surface area contributed by atoms with Crippen LogP contribution in [0.5, 0.6) is 0 Å². The van der Waals surface area contributed by atoms with Crippen LogP contribution in [0.25, 0.3) is 89.3 Å². The highest BCUT2D eigenvalue weighted by Crippen LogP contribution is 2.52. The molecule has 2 atom stereocenters. The molecule has 0 saturated carbocycles. The maximum Gasteiger partial charge on any atom is 0.213 e. The fourth-order valence-electron chi connectivity index (χ4n) is 11.7. The van der Waals surface area contributed by atoms with E-state index in [2.05, 4.69) is 280 Å². The second-order valence-corrected chi connectivity index (χ2v) is 19.4. The van der Waals surface area contributed by atoms with Crippen molar-refractivity contribution in [3.8, 4) is 89.3 Å². The van der Waals surface area contributed by atoms with Gasteiger partial charge in [-0.15, -0.1) is 0 Å². The zero-order chi connectivity index (χ0) is 47.7. The second kappa shape index (κ2) is 18.9. The number of pyridine rings is 2. The maximum atomic E-state index is 2.66. The number of aromatic nitrogens is 2. The van der Waals surface area contributed by atoms with Gasteiger partial charge in [0.2, 0.25) is 11.4 Å². The molecule has 8 aromatic carbocycles. The number of aryl methyl sites for hydroxylation is 2. The van der Waals surface area contributed by atoms with E-state index in [1.807, 2.05) is 0 Å². The Kier molecular flexibility index (Phi) is 12.0. The van der Waals surface area contributed by atoms with E-state index in [-0.39, 0.29) is 11.0 Å². The number of rotatable bonds is 12. The molecule has 0 radical (unpaired) electrons. The molecule has 1 aliphatic rings. The largest absolute Gasteiger partial charge is 0.213 e. The minimum absolute atomic E-state index is 0.124. The van der Waals surface area contributed by atoms with Gasteiger partial charge in [-0.1, -0.05) is 153 Å². The average Bonchev–Trinajstić information content (AvgIpc) is 3.44. The van der Waals surface area contributed by atoms with E-state index in [9.17, 15) is 0 Å². The molecule has 2 unspecified atom stereocenters. The Labute approximate surface area is 414 Å². The number of hydrogen-bond acceptors (Lipinski definition) is 0. The molecule has 0 bridgehead atoms. The van der Waals surface area contributed by atoms with Crippen LogP contribution in [0.15, 0.2) is 243 Å². The van der Waals surface area contributed by atoms with Crippen molar-refractivity contribution in [2.45, 2.75) is 64.5 Å². The molecular formula is C68H60N2+2. The van der Waals surface area contributed by atoms with Crippen molar-refractivity contribution in [1.82, 2.24) is 0 Å². The van der Waals surface area contributed by atoms with Crippen LogP contribution in [0.1, 0.15) is 51.2 Å². The van der Waals surface area contributed by atoms with Crippen LogP contribution in [-0.2, 0) is 17.5 Å². The highest BCUT2D eigenvalue weighted by Gasteiger charge is 2.59. The molecule has 1 aliphatic heterocycles. The Morgan fingerprint density at radius 1 is 0.357 bits per heavy atom. The standard InChI is InChI=1S/C68H60N2/c1-5-67(4)64-36-35-55(48-63(64)66-34-19-21-39-70(66)68(67,6-2)37-40-69-38-20-18-33-65(69)62-32-17-16-23-49(62)3)53-30-22-31-54(41-53)59-43-58(52-28-14-9-15-29-52)46-61(47-59)60-44-56(50-24-10-7-11-25-50)42-57(45-60)51-26-12-8-13-27-51/h7-36,38-39,41-48H,5-6,37,40H2,1-4H3/q+2. The van der Waals surface area contributed by atoms with E-state index in [1.54, 1.807) is 0 Å². The molecule has 70 heavy (non-hydrogen) atoms. The summed E-state index contributed by atoms with van der Waals surface area (Å²) in [5, 5.41) is 0. The Morgan fingerprint density at radius 3 is 1.36 bits per heavy atom. The smallest absolute Gasteiger partial charge is 0.198 e. The summed E-state index contributed by atoms with van der Waals surface area (Å²) in [7, 11) is 0. The minimum Gasteiger partial charge on any atom is -0.198 e. The van der Waals surface area contributed by atoms with Crippen LogP contribution in [0, 0.1) is 6.92 Å². The third-order valence-corrected chi connectivity index (χ3v) is 15.7. The first kappa shape index (κ1) is 44.6. The van der Waals surface area contributed by atoms with Crippen molar-refractivity contribution in [1.29, 1.82) is 0 Å². The lowest BCUT2D eigenvalue weighted by Crippen LogP contribution is -2.70. The predicted octanol–water partition coefficient (Wildman–Crippen LogP) is 16.8. The lowest BCUT2D eigenvalue weighted by atomic mass is 9.58. The van der Waals surface area contributed by atoms with E-state index in [0.717, 1.165) is 25.8 Å². The van der Waals surface area contributed by atoms with Gasteiger partial charge >= 0.3 is 0 Å². The maximum absolute atomic E-state index is 2.66. The van der Waals surface area contributed by atoms with Gasteiger partial charge in [0, 0.05) is 36.2 Å². The summed E-state index contributed by atoms with van der Waals surface area (Å²) in [6.45, 7) is 10.5. The number of nitrogens with zero attached hydrogens (tertiary/aromatic N) is 2. The normalized spacial score (nSPS) is 16.1. The molecule has 0 saturated heterocycles. The predicted molar refractivity (Wildman–Crippen MR) is 292 cm³/mol. The Morgan fingerprint density at radius 2 is 0.800 bits per heavy atom. The fraction of sp³-hybridized carbons (Fsp3) is 0.147. The average molecular weight is 905 g/mol. The van der Waals surface area contributed by atoms with Crippen molar-refractivity contribution < 1.29 is 9.13 Å². The molecule has 11 rings (SSSR count). The fourth-order valence-corrected chi connectivity index (χ4v) is 11.7. The molecule has 340 valence electrons. The van der Waals surface area contributed by atoms with Crippen molar-refractivity contribution in [2.24, 2.45) is 0 Å². The van der Waals surface area contributed by atoms with Gasteiger partial charge in [0.25, 0.3) is 0 Å². The van der Waals surface area contributed by atoms with Gasteiger partial charge < -0.3 is 0 Å². The zero-order valence-electron chi connectivity index (χ0n) is 40.8. The Balaban J connectivity index is 0.995. The second-order valence-electron chi connectivity index (χ2n) is 19.4. The molecule has 0 spiro atoms. The van der Waals surface area contributed by atoms with Crippen LogP contribution >= 0.6 is 0 Å². The quantitative estimate of drug-likeness (QED) is 0.108. The van der Waals surface area contributed by atoms with Gasteiger partial charge in [0.15, 0.2) is 24.5 Å². The Hall–Kier alpha value is -7.94. The molecule has 0 aliphatic carbocycles. The SMILES string of the molecule is CCC1(C)c2ccc(-c3cccc(-c4cc(-c5ccccc5)cc(-c5cc(-c6ccccc6)cc(-c6ccccc6)c5)c4)c3)cc2-c2cccc[n+]2C1(CC)CC[n+]1ccccc1-c1ccccc1C. The molecule has 2 aromatic heterocycles. The minimum atomic E-state index is -0.150. The Bertz CT molecular complexity index is 3430. The molecule has 10 aromatic rings. The van der Waals surface area contributed by atoms with Crippen molar-refractivity contribution in [3.63, 3.8) is 0 Å². The summed E-state index contributed by atoms with van der Waals surface area (Å²) < 4.78 is 5.13. The lowest BCUT2D eigenvalue weighted by molar-refractivity contribution is -0.782. The summed E-state index contributed by atoms with van der Waals surface area (Å²) in [6, 6.07) is 85.2. The summed E-state index contributed by atoms with van der Waals surface area (Å²) in [6.07, 6.45) is 7.67. The monoisotopic (exact) mass is 904 g/mol. The van der Waals surface area contributed by atoms with Gasteiger partial charge in [-0.2, -0.15) is 9.13 Å². The van der Waals surface area contributed by atoms with E-state index in [4.69, 9.17) is 0 Å². The summed E-state index contributed by atoms with van der Waals surface area (Å²) in [5.41, 5.74) is 22.1. The summed E-state index contributed by atoms with van der Waals surface area (Å²) >= 11 is 0. The van der Waals surface area contributed by atoms with Crippen LogP contribution in [0.3, 0.4) is 0 Å². The summed E-state index contributed by atoms with van der Waals surface area (Å²) in [4.78, 5) is 0. The zero-order valence-corrected chi connectivity index (χ0v) is 40.8.